The summed E-state index contributed by atoms with van der Waals surface area (Å²) in [6.45, 7) is 0. The van der Waals surface area contributed by atoms with Gasteiger partial charge in [0.2, 0.25) is 0 Å². The van der Waals surface area contributed by atoms with Crippen LogP contribution in [-0.4, -0.2) is 17.2 Å². The Labute approximate surface area is 106 Å². The van der Waals surface area contributed by atoms with Gasteiger partial charge in [0.05, 0.1) is 11.8 Å². The summed E-state index contributed by atoms with van der Waals surface area (Å²) in [5.41, 5.74) is 3.80. The van der Waals surface area contributed by atoms with E-state index in [0.717, 1.165) is 18.4 Å². The van der Waals surface area contributed by atoms with Gasteiger partial charge in [-0.25, -0.2) is 5.43 Å². The van der Waals surface area contributed by atoms with Crippen LogP contribution in [0.15, 0.2) is 41.0 Å². The molecule has 0 aromatic heterocycles. The largest absolute Gasteiger partial charge is 0.507 e. The Kier molecular flexibility index (Phi) is 4.12. The van der Waals surface area contributed by atoms with Crippen LogP contribution >= 0.6 is 0 Å². The Morgan fingerprint density at radius 1 is 1.33 bits per heavy atom. The molecule has 1 aromatic rings. The van der Waals surface area contributed by atoms with E-state index in [1.807, 2.05) is 0 Å². The molecule has 0 spiro atoms. The molecule has 1 amide bonds. The molecule has 0 saturated carbocycles. The number of allylic oxidation sites excluding steroid dienone is 2. The number of benzene rings is 1. The van der Waals surface area contributed by atoms with Crippen molar-refractivity contribution in [3.63, 3.8) is 0 Å². The van der Waals surface area contributed by atoms with E-state index >= 15 is 0 Å². The minimum Gasteiger partial charge on any atom is -0.507 e. The summed E-state index contributed by atoms with van der Waals surface area (Å²) in [7, 11) is 0. The summed E-state index contributed by atoms with van der Waals surface area (Å²) in [6.07, 6.45) is 8.30. The van der Waals surface area contributed by atoms with Crippen molar-refractivity contribution >= 4 is 12.1 Å². The zero-order chi connectivity index (χ0) is 12.8. The van der Waals surface area contributed by atoms with E-state index in [1.165, 1.54) is 18.9 Å². The van der Waals surface area contributed by atoms with E-state index in [2.05, 4.69) is 16.6 Å². The average Bonchev–Trinajstić information content (AvgIpc) is 2.40. The van der Waals surface area contributed by atoms with Crippen molar-refractivity contribution in [3.05, 3.63) is 41.5 Å². The smallest absolute Gasteiger partial charge is 0.275 e. The molecule has 4 nitrogen and oxygen atoms in total. The average molecular weight is 244 g/mol. The summed E-state index contributed by atoms with van der Waals surface area (Å²) < 4.78 is 0. The number of aromatic hydroxyl groups is 1. The van der Waals surface area contributed by atoms with Crippen LogP contribution in [0.25, 0.3) is 0 Å². The summed E-state index contributed by atoms with van der Waals surface area (Å²) in [5.74, 6) is -0.442. The third kappa shape index (κ3) is 3.20. The summed E-state index contributed by atoms with van der Waals surface area (Å²) in [5, 5.41) is 13.4. The van der Waals surface area contributed by atoms with Crippen LogP contribution in [0.5, 0.6) is 5.75 Å². The fraction of sp³-hybridized carbons (Fsp3) is 0.286. The molecular weight excluding hydrogens is 228 g/mol. The number of phenols is 1. The molecule has 18 heavy (non-hydrogen) atoms. The van der Waals surface area contributed by atoms with Crippen molar-refractivity contribution in [2.45, 2.75) is 25.7 Å². The van der Waals surface area contributed by atoms with Gasteiger partial charge < -0.3 is 5.11 Å². The molecule has 0 unspecified atom stereocenters. The van der Waals surface area contributed by atoms with Crippen LogP contribution < -0.4 is 5.43 Å². The van der Waals surface area contributed by atoms with Gasteiger partial charge in [0.1, 0.15) is 5.75 Å². The molecule has 0 radical (unpaired) electrons. The van der Waals surface area contributed by atoms with Crippen LogP contribution in [-0.2, 0) is 0 Å². The van der Waals surface area contributed by atoms with Crippen LogP contribution in [0, 0.1) is 0 Å². The molecule has 2 rings (SSSR count). The maximum absolute atomic E-state index is 11.7. The molecule has 1 aliphatic carbocycles. The van der Waals surface area contributed by atoms with E-state index in [-0.39, 0.29) is 11.3 Å². The molecule has 1 aliphatic rings. The van der Waals surface area contributed by atoms with Crippen molar-refractivity contribution in [1.29, 1.82) is 0 Å². The first-order valence-corrected chi connectivity index (χ1v) is 6.08. The highest BCUT2D eigenvalue weighted by molar-refractivity contribution is 5.97. The van der Waals surface area contributed by atoms with Crippen molar-refractivity contribution in [3.8, 4) is 5.75 Å². The zero-order valence-electron chi connectivity index (χ0n) is 10.1. The molecule has 1 aromatic carbocycles. The van der Waals surface area contributed by atoms with E-state index in [0.29, 0.717) is 0 Å². The van der Waals surface area contributed by atoms with Crippen molar-refractivity contribution in [2.75, 3.05) is 0 Å². The second-order valence-electron chi connectivity index (χ2n) is 4.24. The number of hydrogen-bond acceptors (Lipinski definition) is 3. The molecule has 0 bridgehead atoms. The van der Waals surface area contributed by atoms with Crippen molar-refractivity contribution in [2.24, 2.45) is 5.10 Å². The number of nitrogens with zero attached hydrogens (tertiary/aromatic N) is 1. The Morgan fingerprint density at radius 3 is 2.89 bits per heavy atom. The number of hydrazone groups is 1. The van der Waals surface area contributed by atoms with Gasteiger partial charge in [-0.2, -0.15) is 5.10 Å². The zero-order valence-corrected chi connectivity index (χ0v) is 10.1. The molecular formula is C14H16N2O2. The van der Waals surface area contributed by atoms with Crippen molar-refractivity contribution < 1.29 is 9.90 Å². The Morgan fingerprint density at radius 2 is 2.17 bits per heavy atom. The standard InChI is InChI=1S/C14H16N2O2/c17-13-9-5-4-8-12(13)14(18)16-15-10-11-6-2-1-3-7-11/h4-6,8-10,17H,1-3,7H2,(H,16,18)/b15-10+. The van der Waals surface area contributed by atoms with Gasteiger partial charge in [-0.1, -0.05) is 18.2 Å². The molecule has 4 heteroatoms. The Hall–Kier alpha value is -2.10. The predicted molar refractivity (Wildman–Crippen MR) is 70.6 cm³/mol. The molecule has 0 atom stereocenters. The molecule has 94 valence electrons. The van der Waals surface area contributed by atoms with Gasteiger partial charge in [0.25, 0.3) is 5.91 Å². The highest BCUT2D eigenvalue weighted by atomic mass is 16.3. The fourth-order valence-electron chi connectivity index (χ4n) is 1.88. The summed E-state index contributed by atoms with van der Waals surface area (Å²) in [6, 6.07) is 6.40. The third-order valence-corrected chi connectivity index (χ3v) is 2.87. The predicted octanol–water partition coefficient (Wildman–Crippen LogP) is 2.61. The van der Waals surface area contributed by atoms with E-state index in [9.17, 15) is 9.90 Å². The lowest BCUT2D eigenvalue weighted by Gasteiger charge is -2.07. The maximum Gasteiger partial charge on any atom is 0.275 e. The van der Waals surface area contributed by atoms with Gasteiger partial charge in [0.15, 0.2) is 0 Å². The van der Waals surface area contributed by atoms with Gasteiger partial charge in [-0.15, -0.1) is 0 Å². The van der Waals surface area contributed by atoms with E-state index in [1.54, 1.807) is 24.4 Å². The van der Waals surface area contributed by atoms with Crippen LogP contribution in [0.3, 0.4) is 0 Å². The van der Waals surface area contributed by atoms with Gasteiger partial charge in [-0.3, -0.25) is 4.79 Å². The van der Waals surface area contributed by atoms with Gasteiger partial charge in [-0.05, 0) is 43.4 Å². The van der Waals surface area contributed by atoms with E-state index < -0.39 is 5.91 Å². The van der Waals surface area contributed by atoms with Gasteiger partial charge in [0, 0.05) is 0 Å². The highest BCUT2D eigenvalue weighted by Gasteiger charge is 2.08. The quantitative estimate of drug-likeness (QED) is 0.634. The minimum absolute atomic E-state index is 0.0397. The first-order chi connectivity index (χ1) is 8.77. The third-order valence-electron chi connectivity index (χ3n) is 2.87. The minimum atomic E-state index is -0.402. The number of amides is 1. The maximum atomic E-state index is 11.7. The molecule has 0 fully saturated rings. The summed E-state index contributed by atoms with van der Waals surface area (Å²) >= 11 is 0. The molecule has 2 N–H and O–H groups in total. The lowest BCUT2D eigenvalue weighted by Crippen LogP contribution is -2.17. The van der Waals surface area contributed by atoms with E-state index in [4.69, 9.17) is 0 Å². The fourth-order valence-corrected chi connectivity index (χ4v) is 1.88. The molecule has 0 saturated heterocycles. The topological polar surface area (TPSA) is 61.7 Å². The first kappa shape index (κ1) is 12.4. The number of carbonyl (C=O) groups excluding carboxylic acids is 1. The van der Waals surface area contributed by atoms with Crippen molar-refractivity contribution in [1.82, 2.24) is 5.43 Å². The number of phenolic OH excluding ortho intramolecular Hbond substituents is 1. The highest BCUT2D eigenvalue weighted by Crippen LogP contribution is 2.16. The molecule has 0 aliphatic heterocycles. The van der Waals surface area contributed by atoms with Gasteiger partial charge >= 0.3 is 0 Å². The second kappa shape index (κ2) is 6.00. The molecule has 0 heterocycles. The van der Waals surface area contributed by atoms with Crippen LogP contribution in [0.1, 0.15) is 36.0 Å². The lowest BCUT2D eigenvalue weighted by molar-refractivity contribution is 0.0952. The lowest BCUT2D eigenvalue weighted by atomic mass is 10.0. The SMILES string of the molecule is O=C(N/N=C/C1=CCCCC1)c1ccccc1O. The number of hydrogen-bond donors (Lipinski definition) is 2. The summed E-state index contributed by atoms with van der Waals surface area (Å²) in [4.78, 5) is 11.7. The number of rotatable bonds is 3. The Balaban J connectivity index is 1.94. The number of nitrogens with one attached hydrogen (secondary N) is 1. The number of para-hydroxylation sites is 1. The van der Waals surface area contributed by atoms with Crippen LogP contribution in [0.2, 0.25) is 0 Å². The van der Waals surface area contributed by atoms with Crippen LogP contribution in [0.4, 0.5) is 0 Å². The normalized spacial score (nSPS) is 15.4. The number of carbonyl (C=O) groups is 1. The second-order valence-corrected chi connectivity index (χ2v) is 4.24. The monoisotopic (exact) mass is 244 g/mol. The Bertz CT molecular complexity index is 492. The first-order valence-electron chi connectivity index (χ1n) is 6.08.